The zero-order valence-corrected chi connectivity index (χ0v) is 11.3. The Morgan fingerprint density at radius 1 is 1.19 bits per heavy atom. The maximum atomic E-state index is 11.5. The third kappa shape index (κ3) is 8.68. The fourth-order valence-corrected chi connectivity index (χ4v) is 1.41. The third-order valence-corrected chi connectivity index (χ3v) is 2.12. The first-order valence-electron chi connectivity index (χ1n) is 6.02. The second kappa shape index (κ2) is 8.53. The molecule has 0 aliphatic rings. The van der Waals surface area contributed by atoms with E-state index in [0.29, 0.717) is 6.54 Å². The molecule has 16 heavy (non-hydrogen) atoms. The van der Waals surface area contributed by atoms with Crippen LogP contribution in [0.5, 0.6) is 0 Å². The van der Waals surface area contributed by atoms with Crippen molar-refractivity contribution in [2.75, 3.05) is 40.3 Å². The van der Waals surface area contributed by atoms with Crippen LogP contribution >= 0.6 is 0 Å². The van der Waals surface area contributed by atoms with Crippen molar-refractivity contribution in [3.05, 3.63) is 0 Å². The van der Waals surface area contributed by atoms with Gasteiger partial charge in [0.05, 0.1) is 12.6 Å². The van der Waals surface area contributed by atoms with Crippen LogP contribution in [0.25, 0.3) is 0 Å². The number of hydrogen-bond donors (Lipinski definition) is 0. The van der Waals surface area contributed by atoms with Gasteiger partial charge in [0.1, 0.15) is 0 Å². The topological polar surface area (TPSA) is 32.8 Å². The van der Waals surface area contributed by atoms with Gasteiger partial charge in [0.2, 0.25) is 0 Å². The lowest BCUT2D eigenvalue weighted by Crippen LogP contribution is -2.37. The van der Waals surface area contributed by atoms with Crippen LogP contribution in [-0.2, 0) is 9.53 Å². The minimum absolute atomic E-state index is 0.0233. The first kappa shape index (κ1) is 15.4. The van der Waals surface area contributed by atoms with E-state index in [-0.39, 0.29) is 12.1 Å². The molecular weight excluding hydrogens is 204 g/mol. The Morgan fingerprint density at radius 3 is 2.25 bits per heavy atom. The molecule has 96 valence electrons. The van der Waals surface area contributed by atoms with E-state index >= 15 is 0 Å². The fraction of sp³-hybridized carbons (Fsp3) is 0.917. The van der Waals surface area contributed by atoms with E-state index in [0.717, 1.165) is 26.1 Å². The van der Waals surface area contributed by atoms with E-state index in [1.54, 1.807) is 0 Å². The molecular formula is C12H26N2O2. The molecule has 0 aromatic heterocycles. The van der Waals surface area contributed by atoms with Crippen LogP contribution in [0, 0.1) is 0 Å². The normalized spacial score (nSPS) is 11.5. The number of esters is 1. The first-order valence-corrected chi connectivity index (χ1v) is 6.02. The molecule has 0 aromatic carbocycles. The van der Waals surface area contributed by atoms with Gasteiger partial charge in [-0.25, -0.2) is 0 Å². The van der Waals surface area contributed by atoms with Gasteiger partial charge in [-0.2, -0.15) is 0 Å². The highest BCUT2D eigenvalue weighted by molar-refractivity contribution is 5.71. The molecule has 0 amide bonds. The van der Waals surface area contributed by atoms with Gasteiger partial charge in [-0.3, -0.25) is 9.69 Å². The van der Waals surface area contributed by atoms with Crippen LogP contribution in [0.2, 0.25) is 0 Å². The Bertz CT molecular complexity index is 193. The molecule has 0 heterocycles. The van der Waals surface area contributed by atoms with Gasteiger partial charge in [0.15, 0.2) is 0 Å². The fourth-order valence-electron chi connectivity index (χ4n) is 1.41. The van der Waals surface area contributed by atoms with Crippen molar-refractivity contribution < 1.29 is 9.53 Å². The number of ether oxygens (including phenoxy) is 1. The van der Waals surface area contributed by atoms with E-state index < -0.39 is 0 Å². The zero-order valence-electron chi connectivity index (χ0n) is 11.3. The molecule has 0 spiro atoms. The molecule has 0 rings (SSSR count). The summed E-state index contributed by atoms with van der Waals surface area (Å²) >= 11 is 0. The Kier molecular flexibility index (Phi) is 8.21. The number of nitrogens with zero attached hydrogens (tertiary/aromatic N) is 2. The molecule has 0 saturated carbocycles. The maximum Gasteiger partial charge on any atom is 0.320 e. The van der Waals surface area contributed by atoms with Gasteiger partial charge in [-0.1, -0.05) is 6.92 Å². The lowest BCUT2D eigenvalue weighted by Gasteiger charge is -2.23. The Hall–Kier alpha value is -0.610. The van der Waals surface area contributed by atoms with Crippen LogP contribution in [0.4, 0.5) is 0 Å². The number of likely N-dealkylation sites (N-methyl/N-ethyl adjacent to an activating group) is 1. The Morgan fingerprint density at radius 2 is 1.81 bits per heavy atom. The van der Waals surface area contributed by atoms with Crippen molar-refractivity contribution in [3.63, 3.8) is 0 Å². The SMILES string of the molecule is CCCN(CCN(C)C)CC(=O)OC(C)C. The molecule has 0 aliphatic heterocycles. The molecule has 0 radical (unpaired) electrons. The number of rotatable bonds is 8. The largest absolute Gasteiger partial charge is 0.462 e. The molecule has 0 fully saturated rings. The van der Waals surface area contributed by atoms with Crippen molar-refractivity contribution in [2.45, 2.75) is 33.3 Å². The van der Waals surface area contributed by atoms with Crippen LogP contribution in [0.3, 0.4) is 0 Å². The highest BCUT2D eigenvalue weighted by Gasteiger charge is 2.12. The molecule has 0 aromatic rings. The summed E-state index contributed by atoms with van der Waals surface area (Å²) in [5.41, 5.74) is 0. The van der Waals surface area contributed by atoms with Gasteiger partial charge in [0, 0.05) is 13.1 Å². The predicted octanol–water partition coefficient (Wildman–Crippen LogP) is 1.21. The molecule has 0 atom stereocenters. The van der Waals surface area contributed by atoms with Crippen molar-refractivity contribution in [3.8, 4) is 0 Å². The van der Waals surface area contributed by atoms with Crippen LogP contribution in [0.1, 0.15) is 27.2 Å². The van der Waals surface area contributed by atoms with Crippen molar-refractivity contribution in [2.24, 2.45) is 0 Å². The number of hydrogen-bond acceptors (Lipinski definition) is 4. The predicted molar refractivity (Wildman–Crippen MR) is 66.5 cm³/mol. The Balaban J connectivity index is 3.96. The van der Waals surface area contributed by atoms with Crippen LogP contribution in [-0.4, -0.2) is 62.1 Å². The number of carbonyl (C=O) groups excluding carboxylic acids is 1. The van der Waals surface area contributed by atoms with Crippen LogP contribution < -0.4 is 0 Å². The van der Waals surface area contributed by atoms with Gasteiger partial charge in [-0.15, -0.1) is 0 Å². The van der Waals surface area contributed by atoms with Gasteiger partial charge in [-0.05, 0) is 40.9 Å². The van der Waals surface area contributed by atoms with Crippen LogP contribution in [0.15, 0.2) is 0 Å². The average Bonchev–Trinajstić information content (AvgIpc) is 2.13. The number of carbonyl (C=O) groups is 1. The third-order valence-electron chi connectivity index (χ3n) is 2.12. The summed E-state index contributed by atoms with van der Waals surface area (Å²) in [4.78, 5) is 15.8. The smallest absolute Gasteiger partial charge is 0.320 e. The summed E-state index contributed by atoms with van der Waals surface area (Å²) < 4.78 is 5.14. The van der Waals surface area contributed by atoms with Gasteiger partial charge in [0.25, 0.3) is 0 Å². The first-order chi connectivity index (χ1) is 7.45. The minimum atomic E-state index is -0.123. The van der Waals surface area contributed by atoms with Gasteiger partial charge >= 0.3 is 5.97 Å². The summed E-state index contributed by atoms with van der Waals surface area (Å²) in [7, 11) is 4.08. The maximum absolute atomic E-state index is 11.5. The summed E-state index contributed by atoms with van der Waals surface area (Å²) in [5.74, 6) is -0.123. The van der Waals surface area contributed by atoms with E-state index in [9.17, 15) is 4.79 Å². The molecule has 0 N–H and O–H groups in total. The highest BCUT2D eigenvalue weighted by atomic mass is 16.5. The average molecular weight is 230 g/mol. The lowest BCUT2D eigenvalue weighted by molar-refractivity contribution is -0.148. The molecule has 4 nitrogen and oxygen atoms in total. The van der Waals surface area contributed by atoms with Crippen molar-refractivity contribution in [1.29, 1.82) is 0 Å². The van der Waals surface area contributed by atoms with Crippen molar-refractivity contribution >= 4 is 5.97 Å². The van der Waals surface area contributed by atoms with Crippen molar-refractivity contribution in [1.82, 2.24) is 9.80 Å². The second-order valence-corrected chi connectivity index (χ2v) is 4.62. The quantitative estimate of drug-likeness (QED) is 0.587. The molecule has 0 unspecified atom stereocenters. The van der Waals surface area contributed by atoms with E-state index in [1.807, 2.05) is 27.9 Å². The molecule has 0 bridgehead atoms. The lowest BCUT2D eigenvalue weighted by atomic mass is 10.3. The standard InChI is InChI=1S/C12H26N2O2/c1-6-7-14(9-8-13(4)5)10-12(15)16-11(2)3/h11H,6-10H2,1-5H3. The molecule has 0 aliphatic carbocycles. The summed E-state index contributed by atoms with van der Waals surface area (Å²) in [6, 6.07) is 0. The highest BCUT2D eigenvalue weighted by Crippen LogP contribution is 1.96. The minimum Gasteiger partial charge on any atom is -0.462 e. The Labute approximate surface area is 99.5 Å². The summed E-state index contributed by atoms with van der Waals surface area (Å²) in [6.45, 7) is 9.10. The summed E-state index contributed by atoms with van der Waals surface area (Å²) in [5, 5.41) is 0. The molecule has 4 heteroatoms. The van der Waals surface area contributed by atoms with E-state index in [4.69, 9.17) is 4.74 Å². The second-order valence-electron chi connectivity index (χ2n) is 4.62. The zero-order chi connectivity index (χ0) is 12.6. The van der Waals surface area contributed by atoms with Gasteiger partial charge < -0.3 is 9.64 Å². The van der Waals surface area contributed by atoms with E-state index in [1.165, 1.54) is 0 Å². The molecule has 0 saturated heterocycles. The summed E-state index contributed by atoms with van der Waals surface area (Å²) in [6.07, 6.45) is 1.03. The van der Waals surface area contributed by atoms with E-state index in [2.05, 4.69) is 16.7 Å². The monoisotopic (exact) mass is 230 g/mol.